The molecule has 0 aliphatic heterocycles. The van der Waals surface area contributed by atoms with E-state index in [0.717, 1.165) is 72.1 Å². The van der Waals surface area contributed by atoms with Gasteiger partial charge in [0.1, 0.15) is 17.0 Å². The van der Waals surface area contributed by atoms with E-state index < -0.39 is 8.07 Å². The molecule has 14 aromatic rings. The predicted molar refractivity (Wildman–Crippen MR) is 292 cm³/mol. The molecule has 4 aromatic heterocycles. The molecular weight excluding hydrogens is 869 g/mol. The molecule has 14 rings (SSSR count). The smallest absolute Gasteiger partial charge is 0.179 e. The van der Waals surface area contributed by atoms with Crippen LogP contribution in [0.15, 0.2) is 259 Å². The van der Waals surface area contributed by atoms with Crippen LogP contribution >= 0.6 is 0 Å². The Balaban J connectivity index is 1.03. The molecule has 328 valence electrons. The van der Waals surface area contributed by atoms with Gasteiger partial charge in [0, 0.05) is 49.6 Å². The molecule has 0 bridgehead atoms. The van der Waals surface area contributed by atoms with E-state index in [9.17, 15) is 0 Å². The van der Waals surface area contributed by atoms with Gasteiger partial charge in [-0.2, -0.15) is 0 Å². The van der Waals surface area contributed by atoms with Gasteiger partial charge in [0.15, 0.2) is 13.9 Å². The van der Waals surface area contributed by atoms with E-state index in [1.54, 1.807) is 0 Å². The molecule has 6 heteroatoms. The molecule has 0 atom stereocenters. The summed E-state index contributed by atoms with van der Waals surface area (Å²) in [5.74, 6) is 1.36. The topological polar surface area (TPSA) is 48.8 Å². The van der Waals surface area contributed by atoms with Crippen molar-refractivity contribution in [3.63, 3.8) is 0 Å². The number of rotatable bonds is 8. The Kier molecular flexibility index (Phi) is 9.15. The lowest BCUT2D eigenvalue weighted by molar-refractivity contribution is 0.669. The SMILES string of the molecule is c1ccc([Si](c2ccccc2)(c2ccccc2)c2cccc(-c3cc(-n4c5ccccc5c5cc(-n6c7ccccc7c7ccccc76)ccc54)nc(-c4cccc5c4oc4ccccc45)n3)c2)cc1. The van der Waals surface area contributed by atoms with Crippen LogP contribution < -0.4 is 20.7 Å². The minimum atomic E-state index is -2.86. The van der Waals surface area contributed by atoms with Crippen LogP contribution in [0.2, 0.25) is 0 Å². The number of fused-ring (bicyclic) bond motifs is 9. The first kappa shape index (κ1) is 40.0. The lowest BCUT2D eigenvalue weighted by Crippen LogP contribution is -2.74. The van der Waals surface area contributed by atoms with Crippen molar-refractivity contribution in [1.82, 2.24) is 19.1 Å². The molecule has 0 N–H and O–H groups in total. The molecule has 0 radical (unpaired) electrons. The van der Waals surface area contributed by atoms with Crippen molar-refractivity contribution in [3.05, 3.63) is 255 Å². The predicted octanol–water partition coefficient (Wildman–Crippen LogP) is 13.3. The number of para-hydroxylation sites is 5. The standard InChI is InChI=1S/C64H42N4OSi/c1-4-21-45(22-5-1)70(46-23-6-2-7-24-46,47-25-8-3-9-26-47)48-27-18-20-43(40-48)56-42-62(66-64(65-56)54-33-19-32-53-52-31-13-17-37-61(52)69-63(53)54)68-59-36-16-12-30-51(59)55-41-44(38-39-60(55)68)67-57-34-14-10-28-49(57)50-29-11-15-35-58(50)67/h1-42H. The van der Waals surface area contributed by atoms with E-state index in [2.05, 4.69) is 252 Å². The highest BCUT2D eigenvalue weighted by Gasteiger charge is 2.41. The van der Waals surface area contributed by atoms with E-state index in [0.29, 0.717) is 5.82 Å². The fourth-order valence-corrected chi connectivity index (χ4v) is 16.1. The van der Waals surface area contributed by atoms with Crippen molar-refractivity contribution in [2.24, 2.45) is 0 Å². The van der Waals surface area contributed by atoms with Crippen LogP contribution in [0.4, 0.5) is 0 Å². The van der Waals surface area contributed by atoms with Gasteiger partial charge in [0.2, 0.25) is 0 Å². The third-order valence-corrected chi connectivity index (χ3v) is 19.1. The maximum Gasteiger partial charge on any atom is 0.179 e. The third kappa shape index (κ3) is 6.10. The lowest BCUT2D eigenvalue weighted by atomic mass is 10.1. The van der Waals surface area contributed by atoms with Crippen LogP contribution in [0.5, 0.6) is 0 Å². The Morgan fingerprint density at radius 1 is 0.343 bits per heavy atom. The second-order valence-corrected chi connectivity index (χ2v) is 21.9. The number of furan rings is 1. The van der Waals surface area contributed by atoms with Gasteiger partial charge in [-0.05, 0) is 69.3 Å². The van der Waals surface area contributed by atoms with E-state index >= 15 is 0 Å². The minimum absolute atomic E-state index is 0.591. The van der Waals surface area contributed by atoms with Crippen molar-refractivity contribution >= 4 is 94.4 Å². The summed E-state index contributed by atoms with van der Waals surface area (Å²) in [5, 5.41) is 12.1. The van der Waals surface area contributed by atoms with Gasteiger partial charge in [0.25, 0.3) is 0 Å². The second kappa shape index (κ2) is 16.0. The first-order valence-electron chi connectivity index (χ1n) is 23.8. The van der Waals surface area contributed by atoms with Gasteiger partial charge in [-0.15, -0.1) is 0 Å². The molecule has 4 heterocycles. The Bertz CT molecular complexity index is 4160. The highest BCUT2D eigenvalue weighted by atomic mass is 28.3. The van der Waals surface area contributed by atoms with Crippen molar-refractivity contribution in [1.29, 1.82) is 0 Å². The van der Waals surface area contributed by atoms with E-state index in [-0.39, 0.29) is 0 Å². The number of benzene rings is 10. The molecule has 0 amide bonds. The van der Waals surface area contributed by atoms with Gasteiger partial charge in [-0.3, -0.25) is 4.57 Å². The van der Waals surface area contributed by atoms with Crippen LogP contribution in [-0.4, -0.2) is 27.2 Å². The van der Waals surface area contributed by atoms with E-state index in [1.807, 2.05) is 12.1 Å². The summed E-state index contributed by atoms with van der Waals surface area (Å²) >= 11 is 0. The van der Waals surface area contributed by atoms with Crippen LogP contribution in [0, 0.1) is 0 Å². The summed E-state index contributed by atoms with van der Waals surface area (Å²) in [6.45, 7) is 0. The van der Waals surface area contributed by atoms with Gasteiger partial charge >= 0.3 is 0 Å². The van der Waals surface area contributed by atoms with Crippen LogP contribution in [-0.2, 0) is 0 Å². The monoisotopic (exact) mass is 910 g/mol. The van der Waals surface area contributed by atoms with Crippen molar-refractivity contribution in [2.75, 3.05) is 0 Å². The number of nitrogens with zero attached hydrogens (tertiary/aromatic N) is 4. The zero-order chi connectivity index (χ0) is 46.2. The molecule has 0 aliphatic carbocycles. The third-order valence-electron chi connectivity index (χ3n) is 14.3. The maximum atomic E-state index is 6.69. The zero-order valence-corrected chi connectivity index (χ0v) is 38.9. The van der Waals surface area contributed by atoms with E-state index in [4.69, 9.17) is 14.4 Å². The molecule has 0 saturated heterocycles. The minimum Gasteiger partial charge on any atom is -0.455 e. The average Bonchev–Trinajstić information content (AvgIpc) is 4.10. The summed E-state index contributed by atoms with van der Waals surface area (Å²) in [4.78, 5) is 11.1. The van der Waals surface area contributed by atoms with E-state index in [1.165, 1.54) is 42.6 Å². The molecule has 0 aliphatic rings. The van der Waals surface area contributed by atoms with Gasteiger partial charge in [-0.25, -0.2) is 9.97 Å². The Labute approximate surface area is 404 Å². The fourth-order valence-electron chi connectivity index (χ4n) is 11.3. The van der Waals surface area contributed by atoms with Gasteiger partial charge in [-0.1, -0.05) is 200 Å². The molecule has 70 heavy (non-hydrogen) atoms. The first-order chi connectivity index (χ1) is 34.7. The molecule has 5 nitrogen and oxygen atoms in total. The lowest BCUT2D eigenvalue weighted by Gasteiger charge is -2.34. The van der Waals surface area contributed by atoms with Crippen molar-refractivity contribution in [3.8, 4) is 34.2 Å². The molecule has 0 fully saturated rings. The van der Waals surface area contributed by atoms with Crippen molar-refractivity contribution < 1.29 is 4.42 Å². The van der Waals surface area contributed by atoms with Gasteiger partial charge < -0.3 is 8.98 Å². The first-order valence-corrected chi connectivity index (χ1v) is 25.8. The Morgan fingerprint density at radius 3 is 1.49 bits per heavy atom. The average molecular weight is 911 g/mol. The maximum absolute atomic E-state index is 6.69. The highest BCUT2D eigenvalue weighted by molar-refractivity contribution is 7.19. The summed E-state index contributed by atoms with van der Waals surface area (Å²) in [6, 6.07) is 92.0. The zero-order valence-electron chi connectivity index (χ0n) is 37.9. The van der Waals surface area contributed by atoms with Gasteiger partial charge in [0.05, 0.1) is 33.3 Å². The molecule has 0 unspecified atom stereocenters. The van der Waals surface area contributed by atoms with Crippen molar-refractivity contribution in [2.45, 2.75) is 0 Å². The molecule has 0 spiro atoms. The summed E-state index contributed by atoms with van der Waals surface area (Å²) in [6.07, 6.45) is 0. The summed E-state index contributed by atoms with van der Waals surface area (Å²) in [5.41, 5.74) is 9.84. The van der Waals surface area contributed by atoms with Crippen LogP contribution in [0.25, 0.3) is 99.7 Å². The normalized spacial score (nSPS) is 12.0. The molecular formula is C64H42N4OSi. The second-order valence-electron chi connectivity index (χ2n) is 18.1. The number of aromatic nitrogens is 4. The fraction of sp³-hybridized carbons (Fsp3) is 0. The summed E-state index contributed by atoms with van der Waals surface area (Å²) in [7, 11) is -2.86. The number of hydrogen-bond donors (Lipinski definition) is 0. The number of hydrogen-bond acceptors (Lipinski definition) is 3. The quantitative estimate of drug-likeness (QED) is 0.113. The Morgan fingerprint density at radius 2 is 0.843 bits per heavy atom. The van der Waals surface area contributed by atoms with Crippen LogP contribution in [0.1, 0.15) is 0 Å². The molecule has 0 saturated carbocycles. The Hall–Kier alpha value is -9.10. The highest BCUT2D eigenvalue weighted by Crippen LogP contribution is 2.39. The summed E-state index contributed by atoms with van der Waals surface area (Å²) < 4.78 is 11.4. The van der Waals surface area contributed by atoms with Crippen LogP contribution in [0.3, 0.4) is 0 Å². The molecule has 10 aromatic carbocycles. The largest absolute Gasteiger partial charge is 0.455 e.